The van der Waals surface area contributed by atoms with Crippen molar-refractivity contribution < 1.29 is 0 Å². The van der Waals surface area contributed by atoms with Crippen LogP contribution < -0.4 is 5.56 Å². The quantitative estimate of drug-likeness (QED) is 0.853. The van der Waals surface area contributed by atoms with Gasteiger partial charge in [0.25, 0.3) is 5.56 Å². The van der Waals surface area contributed by atoms with E-state index < -0.39 is 5.56 Å². The highest BCUT2D eigenvalue weighted by molar-refractivity contribution is 5.62. The number of benzene rings is 1. The molecule has 108 valence electrons. The lowest BCUT2D eigenvalue weighted by Crippen LogP contribution is -2.23. The second-order valence-electron chi connectivity index (χ2n) is 5.48. The van der Waals surface area contributed by atoms with Crippen LogP contribution in [0, 0.1) is 22.7 Å². The number of aromatic nitrogens is 1. The molecular formula is C18H15N3O. The molecule has 2 aromatic rings. The lowest BCUT2D eigenvalue weighted by Gasteiger charge is -2.18. The summed E-state index contributed by atoms with van der Waals surface area (Å²) in [6.45, 7) is -0.0548. The predicted octanol–water partition coefficient (Wildman–Crippen LogP) is 2.79. The van der Waals surface area contributed by atoms with Gasteiger partial charge in [0, 0.05) is 0 Å². The van der Waals surface area contributed by atoms with Gasteiger partial charge in [-0.1, -0.05) is 12.1 Å². The van der Waals surface area contributed by atoms with Crippen molar-refractivity contribution in [2.45, 2.75) is 32.2 Å². The Hall–Kier alpha value is -2.85. The summed E-state index contributed by atoms with van der Waals surface area (Å²) in [4.78, 5) is 12.3. The van der Waals surface area contributed by atoms with Gasteiger partial charge in [-0.15, -0.1) is 0 Å². The molecule has 0 saturated carbocycles. The predicted molar refractivity (Wildman–Crippen MR) is 83.1 cm³/mol. The van der Waals surface area contributed by atoms with E-state index in [1.165, 1.54) is 34.6 Å². The van der Waals surface area contributed by atoms with Gasteiger partial charge < -0.3 is 0 Å². The molecule has 1 heterocycles. The van der Waals surface area contributed by atoms with E-state index in [1.807, 2.05) is 18.2 Å². The summed E-state index contributed by atoms with van der Waals surface area (Å²) in [6.07, 6.45) is 4.58. The summed E-state index contributed by atoms with van der Waals surface area (Å²) in [5.74, 6) is 0. The van der Waals surface area contributed by atoms with Gasteiger partial charge in [-0.2, -0.15) is 10.5 Å². The van der Waals surface area contributed by atoms with Crippen LogP contribution in [0.4, 0.5) is 0 Å². The number of nitrogens with zero attached hydrogens (tertiary/aromatic N) is 3. The highest BCUT2D eigenvalue weighted by Crippen LogP contribution is 2.27. The molecule has 1 aromatic carbocycles. The Balaban J connectivity index is 2.16. The van der Waals surface area contributed by atoms with Gasteiger partial charge in [-0.25, -0.2) is 0 Å². The van der Waals surface area contributed by atoms with E-state index in [4.69, 9.17) is 10.5 Å². The topological polar surface area (TPSA) is 69.6 Å². The Morgan fingerprint density at radius 2 is 1.82 bits per heavy atom. The molecule has 0 bridgehead atoms. The van der Waals surface area contributed by atoms with Gasteiger partial charge in [-0.05, 0) is 60.6 Å². The van der Waals surface area contributed by atoms with Crippen molar-refractivity contribution in [2.75, 3.05) is 0 Å². The smallest absolute Gasteiger partial charge is 0.269 e. The van der Waals surface area contributed by atoms with Gasteiger partial charge in [0.15, 0.2) is 0 Å². The molecular weight excluding hydrogens is 274 g/mol. The number of hydrogen-bond donors (Lipinski definition) is 0. The molecule has 0 spiro atoms. The van der Waals surface area contributed by atoms with Crippen LogP contribution in [0.5, 0.6) is 0 Å². The van der Waals surface area contributed by atoms with Crippen LogP contribution in [-0.4, -0.2) is 4.57 Å². The normalized spacial score (nSPS) is 13.0. The highest BCUT2D eigenvalue weighted by Gasteiger charge is 2.14. The van der Waals surface area contributed by atoms with Crippen LogP contribution >= 0.6 is 0 Å². The molecule has 0 saturated heterocycles. The van der Waals surface area contributed by atoms with Crippen molar-refractivity contribution in [2.24, 2.45) is 0 Å². The standard InChI is InChI=1S/C18H15N3O/c19-9-10-21-17(8-7-16(12-20)18(21)22)15-6-5-13-3-1-2-4-14(13)11-15/h5-8,11H,1-4,10H2. The van der Waals surface area contributed by atoms with Gasteiger partial charge in [0.2, 0.25) is 0 Å². The maximum Gasteiger partial charge on any atom is 0.269 e. The van der Waals surface area contributed by atoms with E-state index in [0.717, 1.165) is 18.4 Å². The summed E-state index contributed by atoms with van der Waals surface area (Å²) >= 11 is 0. The van der Waals surface area contributed by atoms with E-state index in [2.05, 4.69) is 12.1 Å². The molecule has 1 aliphatic carbocycles. The van der Waals surface area contributed by atoms with Gasteiger partial charge in [0.05, 0.1) is 11.8 Å². The van der Waals surface area contributed by atoms with Crippen molar-refractivity contribution in [3.05, 3.63) is 57.4 Å². The second-order valence-corrected chi connectivity index (χ2v) is 5.48. The summed E-state index contributed by atoms with van der Waals surface area (Å²) in [6, 6.07) is 13.4. The van der Waals surface area contributed by atoms with E-state index >= 15 is 0 Å². The zero-order valence-electron chi connectivity index (χ0n) is 12.2. The Labute approximate surface area is 128 Å². The first-order chi connectivity index (χ1) is 10.7. The van der Waals surface area contributed by atoms with Crippen LogP contribution in [0.1, 0.15) is 29.5 Å². The third-order valence-corrected chi connectivity index (χ3v) is 4.17. The molecule has 4 nitrogen and oxygen atoms in total. The summed E-state index contributed by atoms with van der Waals surface area (Å²) in [5.41, 5.74) is 3.98. The highest BCUT2D eigenvalue weighted by atomic mass is 16.1. The third kappa shape index (κ3) is 2.40. The average Bonchev–Trinajstić information content (AvgIpc) is 2.56. The number of nitriles is 2. The molecule has 22 heavy (non-hydrogen) atoms. The van der Waals surface area contributed by atoms with Gasteiger partial charge in [0.1, 0.15) is 18.2 Å². The molecule has 0 aliphatic heterocycles. The molecule has 0 radical (unpaired) electrons. The van der Waals surface area contributed by atoms with E-state index in [-0.39, 0.29) is 12.1 Å². The summed E-state index contributed by atoms with van der Waals surface area (Å²) < 4.78 is 1.38. The number of pyridine rings is 1. The van der Waals surface area contributed by atoms with Crippen LogP contribution in [0.25, 0.3) is 11.3 Å². The lowest BCUT2D eigenvalue weighted by atomic mass is 9.90. The van der Waals surface area contributed by atoms with Crippen molar-refractivity contribution in [3.8, 4) is 23.4 Å². The number of aryl methyl sites for hydroxylation is 2. The van der Waals surface area contributed by atoms with Crippen molar-refractivity contribution in [1.29, 1.82) is 10.5 Å². The van der Waals surface area contributed by atoms with Crippen LogP contribution in [0.3, 0.4) is 0 Å². The molecule has 0 amide bonds. The molecule has 1 aromatic heterocycles. The monoisotopic (exact) mass is 289 g/mol. The average molecular weight is 289 g/mol. The fraction of sp³-hybridized carbons (Fsp3) is 0.278. The van der Waals surface area contributed by atoms with Crippen molar-refractivity contribution in [3.63, 3.8) is 0 Å². The molecule has 1 aliphatic rings. The van der Waals surface area contributed by atoms with E-state index in [9.17, 15) is 4.79 Å². The van der Waals surface area contributed by atoms with Crippen LogP contribution in [-0.2, 0) is 19.4 Å². The molecule has 0 fully saturated rings. The van der Waals surface area contributed by atoms with Crippen LogP contribution in [0.15, 0.2) is 35.1 Å². The minimum Gasteiger partial charge on any atom is -0.293 e. The van der Waals surface area contributed by atoms with Gasteiger partial charge >= 0.3 is 0 Å². The fourth-order valence-corrected chi connectivity index (χ4v) is 3.04. The fourth-order valence-electron chi connectivity index (χ4n) is 3.04. The lowest BCUT2D eigenvalue weighted by molar-refractivity contribution is 0.685. The first-order valence-corrected chi connectivity index (χ1v) is 7.37. The van der Waals surface area contributed by atoms with Gasteiger partial charge in [-0.3, -0.25) is 9.36 Å². The molecule has 3 rings (SSSR count). The van der Waals surface area contributed by atoms with E-state index in [0.29, 0.717) is 5.69 Å². The molecule has 4 heteroatoms. The zero-order chi connectivity index (χ0) is 15.5. The Morgan fingerprint density at radius 1 is 1.05 bits per heavy atom. The Bertz CT molecular complexity index is 865. The largest absolute Gasteiger partial charge is 0.293 e. The Morgan fingerprint density at radius 3 is 2.55 bits per heavy atom. The molecule has 0 atom stereocenters. The Kier molecular flexibility index (Phi) is 3.76. The second kappa shape index (κ2) is 5.87. The summed E-state index contributed by atoms with van der Waals surface area (Å²) in [7, 11) is 0. The minimum atomic E-state index is -0.403. The number of rotatable bonds is 2. The van der Waals surface area contributed by atoms with Crippen molar-refractivity contribution >= 4 is 0 Å². The van der Waals surface area contributed by atoms with Crippen LogP contribution in [0.2, 0.25) is 0 Å². The first-order valence-electron chi connectivity index (χ1n) is 7.37. The van der Waals surface area contributed by atoms with E-state index in [1.54, 1.807) is 6.07 Å². The van der Waals surface area contributed by atoms with Crippen molar-refractivity contribution in [1.82, 2.24) is 4.57 Å². The summed E-state index contributed by atoms with van der Waals surface area (Å²) in [5, 5.41) is 18.0. The number of hydrogen-bond acceptors (Lipinski definition) is 3. The maximum atomic E-state index is 12.3. The zero-order valence-corrected chi connectivity index (χ0v) is 12.2. The third-order valence-electron chi connectivity index (χ3n) is 4.17. The molecule has 0 N–H and O–H groups in total. The first kappa shape index (κ1) is 14.1. The molecule has 0 unspecified atom stereocenters. The maximum absolute atomic E-state index is 12.3. The number of fused-ring (bicyclic) bond motifs is 1. The SMILES string of the molecule is N#CCn1c(-c2ccc3c(c2)CCCC3)ccc(C#N)c1=O. The minimum absolute atomic E-state index is 0.0548.